The smallest absolute Gasteiger partial charge is 0.122 e. The predicted octanol–water partition coefficient (Wildman–Crippen LogP) is 3.85. The zero-order valence-corrected chi connectivity index (χ0v) is 10.6. The molecule has 2 nitrogen and oxygen atoms in total. The average Bonchev–Trinajstić information content (AvgIpc) is 2.30. The second kappa shape index (κ2) is 7.16. The molecule has 0 atom stereocenters. The van der Waals surface area contributed by atoms with E-state index in [1.165, 1.54) is 5.56 Å². The zero-order valence-electron chi connectivity index (χ0n) is 10.6. The standard InChI is InChI=1S/C11H16O2.C2H6/c1-8(2)10-7-9(12-3)5-6-11(10)13-4;1-2/h5-8H,1-4H3;1-2H3. The van der Waals surface area contributed by atoms with Crippen LogP contribution < -0.4 is 9.47 Å². The first-order valence-corrected chi connectivity index (χ1v) is 5.41. The van der Waals surface area contributed by atoms with Gasteiger partial charge in [0.05, 0.1) is 14.2 Å². The number of hydrogen-bond acceptors (Lipinski definition) is 2. The molecule has 0 aliphatic heterocycles. The SMILES string of the molecule is CC.COc1ccc(OC)c(C(C)C)c1. The Morgan fingerprint density at radius 2 is 1.60 bits per heavy atom. The predicted molar refractivity (Wildman–Crippen MR) is 65.0 cm³/mol. The number of rotatable bonds is 3. The highest BCUT2D eigenvalue weighted by molar-refractivity contribution is 5.41. The van der Waals surface area contributed by atoms with Crippen molar-refractivity contribution < 1.29 is 9.47 Å². The van der Waals surface area contributed by atoms with Gasteiger partial charge in [0.15, 0.2) is 0 Å². The first-order valence-electron chi connectivity index (χ1n) is 5.41. The van der Waals surface area contributed by atoms with E-state index in [1.807, 2.05) is 32.0 Å². The third-order valence-electron chi connectivity index (χ3n) is 2.06. The topological polar surface area (TPSA) is 18.5 Å². The van der Waals surface area contributed by atoms with Gasteiger partial charge in [-0.2, -0.15) is 0 Å². The molecule has 0 fully saturated rings. The van der Waals surface area contributed by atoms with Crippen molar-refractivity contribution in [2.45, 2.75) is 33.6 Å². The van der Waals surface area contributed by atoms with Crippen LogP contribution in [0.1, 0.15) is 39.2 Å². The Morgan fingerprint density at radius 1 is 1.00 bits per heavy atom. The van der Waals surface area contributed by atoms with E-state index in [4.69, 9.17) is 9.47 Å². The fourth-order valence-corrected chi connectivity index (χ4v) is 1.29. The van der Waals surface area contributed by atoms with Crippen molar-refractivity contribution >= 4 is 0 Å². The van der Waals surface area contributed by atoms with Gasteiger partial charge in [0.2, 0.25) is 0 Å². The van der Waals surface area contributed by atoms with Gasteiger partial charge < -0.3 is 9.47 Å². The first kappa shape index (κ1) is 13.8. The van der Waals surface area contributed by atoms with E-state index in [-0.39, 0.29) is 0 Å². The molecule has 2 heteroatoms. The van der Waals surface area contributed by atoms with E-state index in [1.54, 1.807) is 14.2 Å². The molecule has 15 heavy (non-hydrogen) atoms. The maximum atomic E-state index is 5.25. The Bertz CT molecular complexity index is 280. The summed E-state index contributed by atoms with van der Waals surface area (Å²) < 4.78 is 10.4. The van der Waals surface area contributed by atoms with E-state index >= 15 is 0 Å². The molecule has 0 saturated heterocycles. The maximum Gasteiger partial charge on any atom is 0.122 e. The minimum absolute atomic E-state index is 0.449. The Kier molecular flexibility index (Phi) is 6.59. The number of benzene rings is 1. The van der Waals surface area contributed by atoms with Crippen LogP contribution in [0.2, 0.25) is 0 Å². The molecule has 0 aromatic heterocycles. The molecule has 86 valence electrons. The summed E-state index contributed by atoms with van der Waals surface area (Å²) in [4.78, 5) is 0. The van der Waals surface area contributed by atoms with E-state index in [0.29, 0.717) is 5.92 Å². The van der Waals surface area contributed by atoms with Gasteiger partial charge in [0.1, 0.15) is 11.5 Å². The first-order chi connectivity index (χ1) is 7.19. The van der Waals surface area contributed by atoms with Crippen LogP contribution in [0, 0.1) is 0 Å². The van der Waals surface area contributed by atoms with Crippen LogP contribution in [0.3, 0.4) is 0 Å². The van der Waals surface area contributed by atoms with Crippen LogP contribution in [0.25, 0.3) is 0 Å². The summed E-state index contributed by atoms with van der Waals surface area (Å²) in [6.07, 6.45) is 0. The van der Waals surface area contributed by atoms with Gasteiger partial charge in [-0.05, 0) is 24.1 Å². The lowest BCUT2D eigenvalue weighted by atomic mass is 10.0. The molecule has 0 radical (unpaired) electrons. The highest BCUT2D eigenvalue weighted by Crippen LogP contribution is 2.29. The van der Waals surface area contributed by atoms with E-state index in [2.05, 4.69) is 13.8 Å². The van der Waals surface area contributed by atoms with E-state index < -0.39 is 0 Å². The zero-order chi connectivity index (χ0) is 11.8. The summed E-state index contributed by atoms with van der Waals surface area (Å²) in [5.74, 6) is 2.25. The second-order valence-electron chi connectivity index (χ2n) is 3.26. The molecule has 0 saturated carbocycles. The summed E-state index contributed by atoms with van der Waals surface area (Å²) in [5.41, 5.74) is 1.18. The molecule has 0 N–H and O–H groups in total. The summed E-state index contributed by atoms with van der Waals surface area (Å²) in [5, 5.41) is 0. The summed E-state index contributed by atoms with van der Waals surface area (Å²) in [7, 11) is 3.36. The van der Waals surface area contributed by atoms with Gasteiger partial charge in [-0.25, -0.2) is 0 Å². The molecular weight excluding hydrogens is 188 g/mol. The van der Waals surface area contributed by atoms with Crippen molar-refractivity contribution in [2.75, 3.05) is 14.2 Å². The van der Waals surface area contributed by atoms with Gasteiger partial charge in [0, 0.05) is 5.56 Å². The lowest BCUT2D eigenvalue weighted by Crippen LogP contribution is -1.95. The number of hydrogen-bond donors (Lipinski definition) is 0. The van der Waals surface area contributed by atoms with Crippen LogP contribution in [0.5, 0.6) is 11.5 Å². The van der Waals surface area contributed by atoms with Crippen LogP contribution >= 0.6 is 0 Å². The fraction of sp³-hybridized carbons (Fsp3) is 0.538. The van der Waals surface area contributed by atoms with Crippen molar-refractivity contribution in [3.63, 3.8) is 0 Å². The lowest BCUT2D eigenvalue weighted by Gasteiger charge is -2.12. The second-order valence-corrected chi connectivity index (χ2v) is 3.26. The molecule has 0 spiro atoms. The molecule has 0 heterocycles. The molecular formula is C13H22O2. The van der Waals surface area contributed by atoms with Crippen molar-refractivity contribution in [3.05, 3.63) is 23.8 Å². The summed E-state index contributed by atoms with van der Waals surface area (Å²) >= 11 is 0. The Balaban J connectivity index is 0.000000921. The Hall–Kier alpha value is -1.18. The monoisotopic (exact) mass is 210 g/mol. The van der Waals surface area contributed by atoms with Crippen molar-refractivity contribution in [1.29, 1.82) is 0 Å². The van der Waals surface area contributed by atoms with Crippen molar-refractivity contribution in [1.82, 2.24) is 0 Å². The minimum atomic E-state index is 0.449. The lowest BCUT2D eigenvalue weighted by molar-refractivity contribution is 0.397. The molecule has 0 aliphatic rings. The van der Waals surface area contributed by atoms with E-state index in [0.717, 1.165) is 11.5 Å². The summed E-state index contributed by atoms with van der Waals surface area (Å²) in [6.45, 7) is 8.27. The largest absolute Gasteiger partial charge is 0.497 e. The molecule has 1 rings (SSSR count). The van der Waals surface area contributed by atoms with Crippen molar-refractivity contribution in [2.24, 2.45) is 0 Å². The highest BCUT2D eigenvalue weighted by atomic mass is 16.5. The van der Waals surface area contributed by atoms with Gasteiger partial charge in [-0.1, -0.05) is 27.7 Å². The molecule has 0 aliphatic carbocycles. The van der Waals surface area contributed by atoms with Gasteiger partial charge >= 0.3 is 0 Å². The normalized spacial score (nSPS) is 9.27. The van der Waals surface area contributed by atoms with Crippen LogP contribution in [0.4, 0.5) is 0 Å². The quantitative estimate of drug-likeness (QED) is 0.754. The van der Waals surface area contributed by atoms with Gasteiger partial charge in [-0.3, -0.25) is 0 Å². The van der Waals surface area contributed by atoms with Crippen LogP contribution in [-0.4, -0.2) is 14.2 Å². The van der Waals surface area contributed by atoms with Crippen LogP contribution in [-0.2, 0) is 0 Å². The fourth-order valence-electron chi connectivity index (χ4n) is 1.29. The molecule has 0 bridgehead atoms. The summed E-state index contributed by atoms with van der Waals surface area (Å²) in [6, 6.07) is 5.86. The third-order valence-corrected chi connectivity index (χ3v) is 2.06. The molecule has 1 aromatic carbocycles. The maximum absolute atomic E-state index is 5.25. The van der Waals surface area contributed by atoms with Gasteiger partial charge in [0.25, 0.3) is 0 Å². The van der Waals surface area contributed by atoms with Crippen LogP contribution in [0.15, 0.2) is 18.2 Å². The number of ether oxygens (including phenoxy) is 2. The molecule has 0 amide bonds. The molecule has 1 aromatic rings. The number of methoxy groups -OCH3 is 2. The van der Waals surface area contributed by atoms with E-state index in [9.17, 15) is 0 Å². The van der Waals surface area contributed by atoms with Gasteiger partial charge in [-0.15, -0.1) is 0 Å². The Labute approximate surface area is 93.2 Å². The third kappa shape index (κ3) is 3.82. The highest BCUT2D eigenvalue weighted by Gasteiger charge is 2.07. The minimum Gasteiger partial charge on any atom is -0.497 e. The Morgan fingerprint density at radius 3 is 2.00 bits per heavy atom. The molecule has 0 unspecified atom stereocenters. The van der Waals surface area contributed by atoms with Crippen molar-refractivity contribution in [3.8, 4) is 11.5 Å². The average molecular weight is 210 g/mol.